The molecule has 0 bridgehead atoms. The number of carbonyl (C=O) groups excluding carboxylic acids is 2. The van der Waals surface area contributed by atoms with Gasteiger partial charge in [-0.05, 0) is 30.5 Å². The molecular weight excluding hydrogens is 330 g/mol. The smallest absolute Gasteiger partial charge is 0.387 e. The molecule has 2 rings (SSSR count). The number of halogens is 2. The first-order valence-electron chi connectivity index (χ1n) is 7.65. The maximum Gasteiger partial charge on any atom is 0.387 e. The Balaban J connectivity index is 1.93. The molecule has 0 spiro atoms. The van der Waals surface area contributed by atoms with Crippen LogP contribution in [0.2, 0.25) is 0 Å². The van der Waals surface area contributed by atoms with Gasteiger partial charge in [0.1, 0.15) is 5.75 Å². The van der Waals surface area contributed by atoms with E-state index in [2.05, 4.69) is 15.4 Å². The number of carbonyl (C=O) groups is 2. The number of hydrogen-bond donors (Lipinski definition) is 2. The standard InChI is InChI=1S/C18H18F2N2O3/c1-12-6-5-9-14(25-18(19)20)15(12)22-17(24)16(23)21-11-10-13-7-3-2-4-8-13/h2-9,18H,10-11H2,1H3,(H,21,23)(H,22,24). The lowest BCUT2D eigenvalue weighted by Crippen LogP contribution is -2.36. The van der Waals surface area contributed by atoms with Crippen LogP contribution in [0, 0.1) is 6.92 Å². The van der Waals surface area contributed by atoms with Gasteiger partial charge in [0.05, 0.1) is 5.69 Å². The summed E-state index contributed by atoms with van der Waals surface area (Å²) in [7, 11) is 0. The maximum absolute atomic E-state index is 12.4. The summed E-state index contributed by atoms with van der Waals surface area (Å²) in [5.74, 6) is -1.98. The molecule has 0 aliphatic rings. The first kappa shape index (κ1) is 18.4. The zero-order valence-electron chi connectivity index (χ0n) is 13.6. The molecule has 0 aliphatic heterocycles. The Bertz CT molecular complexity index is 736. The lowest BCUT2D eigenvalue weighted by Gasteiger charge is -2.14. The highest BCUT2D eigenvalue weighted by Gasteiger charge is 2.18. The number of hydrogen-bond acceptors (Lipinski definition) is 3. The fraction of sp³-hybridized carbons (Fsp3) is 0.222. The highest BCUT2D eigenvalue weighted by molar-refractivity contribution is 6.39. The van der Waals surface area contributed by atoms with Crippen LogP contribution in [-0.2, 0) is 16.0 Å². The van der Waals surface area contributed by atoms with Crippen LogP contribution in [0.15, 0.2) is 48.5 Å². The fourth-order valence-electron chi connectivity index (χ4n) is 2.21. The first-order valence-corrected chi connectivity index (χ1v) is 7.65. The molecule has 0 radical (unpaired) electrons. The Morgan fingerprint density at radius 3 is 2.44 bits per heavy atom. The maximum atomic E-state index is 12.4. The third kappa shape index (κ3) is 5.56. The number of para-hydroxylation sites is 1. The average molecular weight is 348 g/mol. The SMILES string of the molecule is Cc1cccc(OC(F)F)c1NC(=O)C(=O)NCCc1ccccc1. The first-order chi connectivity index (χ1) is 12.0. The van der Waals surface area contributed by atoms with Gasteiger partial charge in [-0.25, -0.2) is 0 Å². The lowest BCUT2D eigenvalue weighted by molar-refractivity contribution is -0.136. The van der Waals surface area contributed by atoms with Crippen LogP contribution in [0.3, 0.4) is 0 Å². The molecule has 0 heterocycles. The monoisotopic (exact) mass is 348 g/mol. The molecule has 25 heavy (non-hydrogen) atoms. The summed E-state index contributed by atoms with van der Waals surface area (Å²) < 4.78 is 29.2. The van der Waals surface area contributed by atoms with Crippen LogP contribution >= 0.6 is 0 Å². The molecule has 2 aromatic carbocycles. The molecule has 0 atom stereocenters. The van der Waals surface area contributed by atoms with Crippen LogP contribution in [0.1, 0.15) is 11.1 Å². The van der Waals surface area contributed by atoms with Crippen LogP contribution in [-0.4, -0.2) is 25.0 Å². The summed E-state index contributed by atoms with van der Waals surface area (Å²) in [6, 6.07) is 13.9. The Morgan fingerprint density at radius 2 is 1.76 bits per heavy atom. The van der Waals surface area contributed by atoms with Gasteiger partial charge < -0.3 is 15.4 Å². The van der Waals surface area contributed by atoms with E-state index < -0.39 is 18.4 Å². The van der Waals surface area contributed by atoms with Gasteiger partial charge in [0.2, 0.25) is 0 Å². The number of ether oxygens (including phenoxy) is 1. The second kappa shape index (κ2) is 8.77. The molecule has 0 saturated carbocycles. The van der Waals surface area contributed by atoms with E-state index in [1.807, 2.05) is 30.3 Å². The third-order valence-electron chi connectivity index (χ3n) is 3.44. The second-order valence-electron chi connectivity index (χ2n) is 5.27. The minimum Gasteiger partial charge on any atom is -0.433 e. The van der Waals surface area contributed by atoms with Crippen molar-refractivity contribution in [2.75, 3.05) is 11.9 Å². The lowest BCUT2D eigenvalue weighted by atomic mass is 10.1. The van der Waals surface area contributed by atoms with Crippen molar-refractivity contribution >= 4 is 17.5 Å². The van der Waals surface area contributed by atoms with Gasteiger partial charge in [-0.3, -0.25) is 9.59 Å². The topological polar surface area (TPSA) is 67.4 Å². The Labute approximate surface area is 144 Å². The Hall–Kier alpha value is -2.96. The zero-order valence-corrected chi connectivity index (χ0v) is 13.6. The summed E-state index contributed by atoms with van der Waals surface area (Å²) in [5, 5.41) is 4.81. The molecule has 0 aliphatic carbocycles. The normalized spacial score (nSPS) is 10.4. The number of rotatable bonds is 6. The number of aryl methyl sites for hydroxylation is 1. The van der Waals surface area contributed by atoms with E-state index in [4.69, 9.17) is 0 Å². The molecule has 5 nitrogen and oxygen atoms in total. The van der Waals surface area contributed by atoms with Gasteiger partial charge >= 0.3 is 18.4 Å². The minimum atomic E-state index is -3.03. The molecule has 0 saturated heterocycles. The molecule has 2 aromatic rings. The molecule has 132 valence electrons. The van der Waals surface area contributed by atoms with Crippen LogP contribution in [0.25, 0.3) is 0 Å². The number of nitrogens with one attached hydrogen (secondary N) is 2. The number of alkyl halides is 2. The quantitative estimate of drug-likeness (QED) is 0.789. The molecule has 0 unspecified atom stereocenters. The van der Waals surface area contributed by atoms with Gasteiger partial charge in [-0.1, -0.05) is 42.5 Å². The highest BCUT2D eigenvalue weighted by atomic mass is 19.3. The molecule has 2 amide bonds. The van der Waals surface area contributed by atoms with E-state index in [1.165, 1.54) is 12.1 Å². The van der Waals surface area contributed by atoms with Crippen molar-refractivity contribution in [2.24, 2.45) is 0 Å². The van der Waals surface area contributed by atoms with Crippen molar-refractivity contribution in [3.63, 3.8) is 0 Å². The van der Waals surface area contributed by atoms with Crippen molar-refractivity contribution in [2.45, 2.75) is 20.0 Å². The number of anilines is 1. The summed E-state index contributed by atoms with van der Waals surface area (Å²) in [6.07, 6.45) is 0.573. The predicted molar refractivity (Wildman–Crippen MR) is 89.6 cm³/mol. The van der Waals surface area contributed by atoms with Crippen molar-refractivity contribution < 1.29 is 23.1 Å². The van der Waals surface area contributed by atoms with Gasteiger partial charge in [0.15, 0.2) is 0 Å². The van der Waals surface area contributed by atoms with E-state index in [0.29, 0.717) is 12.0 Å². The molecule has 0 fully saturated rings. The zero-order chi connectivity index (χ0) is 18.2. The summed E-state index contributed by atoms with van der Waals surface area (Å²) >= 11 is 0. The number of benzene rings is 2. The van der Waals surface area contributed by atoms with Gasteiger partial charge in [0.25, 0.3) is 0 Å². The number of amides is 2. The average Bonchev–Trinajstić information content (AvgIpc) is 2.58. The summed E-state index contributed by atoms with van der Waals surface area (Å²) in [6.45, 7) is -1.14. The summed E-state index contributed by atoms with van der Waals surface area (Å²) in [4.78, 5) is 23.8. The van der Waals surface area contributed by atoms with E-state index in [-0.39, 0.29) is 18.0 Å². The molecule has 0 aromatic heterocycles. The fourth-order valence-corrected chi connectivity index (χ4v) is 2.21. The second-order valence-corrected chi connectivity index (χ2v) is 5.27. The van der Waals surface area contributed by atoms with E-state index in [9.17, 15) is 18.4 Å². The predicted octanol–water partition coefficient (Wildman–Crippen LogP) is 2.89. The highest BCUT2D eigenvalue weighted by Crippen LogP contribution is 2.29. The molecule has 7 heteroatoms. The third-order valence-corrected chi connectivity index (χ3v) is 3.44. The van der Waals surface area contributed by atoms with Gasteiger partial charge in [0, 0.05) is 6.54 Å². The van der Waals surface area contributed by atoms with Crippen molar-refractivity contribution in [3.05, 3.63) is 59.7 Å². The Morgan fingerprint density at radius 1 is 1.04 bits per heavy atom. The van der Waals surface area contributed by atoms with Gasteiger partial charge in [-0.15, -0.1) is 0 Å². The van der Waals surface area contributed by atoms with Crippen LogP contribution < -0.4 is 15.4 Å². The van der Waals surface area contributed by atoms with Crippen molar-refractivity contribution in [3.8, 4) is 5.75 Å². The van der Waals surface area contributed by atoms with Crippen molar-refractivity contribution in [1.29, 1.82) is 0 Å². The molecule has 2 N–H and O–H groups in total. The van der Waals surface area contributed by atoms with Crippen LogP contribution in [0.4, 0.5) is 14.5 Å². The van der Waals surface area contributed by atoms with Crippen molar-refractivity contribution in [1.82, 2.24) is 5.32 Å². The molecular formula is C18H18F2N2O3. The van der Waals surface area contributed by atoms with Crippen LogP contribution in [0.5, 0.6) is 5.75 Å². The largest absolute Gasteiger partial charge is 0.433 e. The Kier molecular flexibility index (Phi) is 6.45. The van der Waals surface area contributed by atoms with E-state index >= 15 is 0 Å². The summed E-state index contributed by atoms with van der Waals surface area (Å²) in [5.41, 5.74) is 1.57. The minimum absolute atomic E-state index is 0.0472. The van der Waals surface area contributed by atoms with Gasteiger partial charge in [-0.2, -0.15) is 8.78 Å². The van der Waals surface area contributed by atoms with E-state index in [0.717, 1.165) is 5.56 Å². The van der Waals surface area contributed by atoms with E-state index in [1.54, 1.807) is 13.0 Å².